The predicted molar refractivity (Wildman–Crippen MR) is 224 cm³/mol. The molecule has 1 fully saturated rings. The van der Waals surface area contributed by atoms with Gasteiger partial charge in [-0.1, -0.05) is 140 Å². The minimum atomic E-state index is -1.60. The van der Waals surface area contributed by atoms with Crippen LogP contribution in [-0.2, 0) is 28.5 Å². The van der Waals surface area contributed by atoms with Gasteiger partial charge in [0, 0.05) is 12.8 Å². The smallest absolute Gasteiger partial charge is 0.306 e. The first-order chi connectivity index (χ1) is 27.3. The quantitative estimate of drug-likeness (QED) is 0.0275. The van der Waals surface area contributed by atoms with E-state index in [-0.39, 0.29) is 26.1 Å². The Bertz CT molecular complexity index is 1050. The number of ether oxygens (including phenoxy) is 4. The van der Waals surface area contributed by atoms with E-state index in [1.54, 1.807) is 0 Å². The number of esters is 2. The fourth-order valence-corrected chi connectivity index (χ4v) is 6.43. The molecule has 10 nitrogen and oxygen atoms in total. The lowest BCUT2D eigenvalue weighted by molar-refractivity contribution is -0.305. The number of carbonyl (C=O) groups excluding carboxylic acids is 2. The van der Waals surface area contributed by atoms with Gasteiger partial charge in [-0.05, 0) is 70.6 Å². The molecule has 6 atom stereocenters. The summed E-state index contributed by atoms with van der Waals surface area (Å²) >= 11 is 0. The van der Waals surface area contributed by atoms with Crippen LogP contribution in [0.5, 0.6) is 0 Å². The van der Waals surface area contributed by atoms with Crippen molar-refractivity contribution in [2.24, 2.45) is 0 Å². The van der Waals surface area contributed by atoms with Crippen LogP contribution >= 0.6 is 0 Å². The summed E-state index contributed by atoms with van der Waals surface area (Å²) in [4.78, 5) is 25.3. The molecule has 324 valence electrons. The molecule has 0 aromatic heterocycles. The molecule has 0 aromatic carbocycles. The number of aliphatic hydroxyl groups excluding tert-OH is 4. The van der Waals surface area contributed by atoms with E-state index >= 15 is 0 Å². The van der Waals surface area contributed by atoms with Crippen LogP contribution in [0.3, 0.4) is 0 Å². The molecule has 1 rings (SSSR count). The van der Waals surface area contributed by atoms with Gasteiger partial charge < -0.3 is 39.4 Å². The number of unbranched alkanes of at least 4 members (excludes halogenated alkanes) is 17. The summed E-state index contributed by atoms with van der Waals surface area (Å²) in [6.45, 7) is 3.28. The molecule has 56 heavy (non-hydrogen) atoms. The van der Waals surface area contributed by atoms with E-state index in [4.69, 9.17) is 18.9 Å². The van der Waals surface area contributed by atoms with Gasteiger partial charge in [0.05, 0.1) is 13.2 Å². The zero-order chi connectivity index (χ0) is 40.9. The van der Waals surface area contributed by atoms with Gasteiger partial charge in [-0.2, -0.15) is 0 Å². The van der Waals surface area contributed by atoms with Gasteiger partial charge in [-0.3, -0.25) is 9.59 Å². The van der Waals surface area contributed by atoms with Crippen molar-refractivity contribution in [3.05, 3.63) is 48.6 Å². The van der Waals surface area contributed by atoms with Crippen LogP contribution in [0, 0.1) is 0 Å². The van der Waals surface area contributed by atoms with Crippen LogP contribution in [-0.4, -0.2) is 89.0 Å². The Labute approximate surface area is 339 Å². The van der Waals surface area contributed by atoms with Crippen molar-refractivity contribution in [2.75, 3.05) is 19.8 Å². The molecule has 10 heteroatoms. The van der Waals surface area contributed by atoms with Crippen LogP contribution in [0.15, 0.2) is 48.6 Å². The summed E-state index contributed by atoms with van der Waals surface area (Å²) in [6.07, 6.45) is 35.4. The van der Waals surface area contributed by atoms with Crippen LogP contribution in [0.4, 0.5) is 0 Å². The number of hydrogen-bond donors (Lipinski definition) is 4. The lowest BCUT2D eigenvalue weighted by Crippen LogP contribution is -2.59. The lowest BCUT2D eigenvalue weighted by Gasteiger charge is -2.39. The number of carbonyl (C=O) groups is 2. The average molecular weight is 793 g/mol. The highest BCUT2D eigenvalue weighted by molar-refractivity contribution is 5.70. The van der Waals surface area contributed by atoms with Crippen molar-refractivity contribution in [2.45, 2.75) is 211 Å². The molecule has 0 spiro atoms. The fourth-order valence-electron chi connectivity index (χ4n) is 6.43. The molecular weight excluding hydrogens is 712 g/mol. The highest BCUT2D eigenvalue weighted by Crippen LogP contribution is 2.22. The highest BCUT2D eigenvalue weighted by atomic mass is 16.7. The number of hydrogen-bond acceptors (Lipinski definition) is 10. The van der Waals surface area contributed by atoms with Crippen molar-refractivity contribution in [3.8, 4) is 0 Å². The monoisotopic (exact) mass is 793 g/mol. The zero-order valence-corrected chi connectivity index (χ0v) is 35.1. The van der Waals surface area contributed by atoms with Gasteiger partial charge in [0.2, 0.25) is 0 Å². The Kier molecular flexibility index (Phi) is 34.1. The molecule has 0 aromatic rings. The number of rotatable bonds is 36. The van der Waals surface area contributed by atoms with Gasteiger partial charge in [0.15, 0.2) is 12.4 Å². The topological polar surface area (TPSA) is 152 Å². The first-order valence-corrected chi connectivity index (χ1v) is 22.2. The normalized spacial score (nSPS) is 20.9. The summed E-state index contributed by atoms with van der Waals surface area (Å²) in [5.74, 6) is -0.837. The Morgan fingerprint density at radius 1 is 0.571 bits per heavy atom. The summed E-state index contributed by atoms with van der Waals surface area (Å²) in [6, 6.07) is 0. The second-order valence-corrected chi connectivity index (χ2v) is 15.1. The Balaban J connectivity index is 2.35. The summed E-state index contributed by atoms with van der Waals surface area (Å²) < 4.78 is 22.1. The molecule has 1 saturated heterocycles. The fraction of sp³-hybridized carbons (Fsp3) is 0.783. The molecule has 6 unspecified atom stereocenters. The molecule has 1 heterocycles. The minimum absolute atomic E-state index is 0.207. The van der Waals surface area contributed by atoms with Crippen molar-refractivity contribution in [3.63, 3.8) is 0 Å². The zero-order valence-electron chi connectivity index (χ0n) is 35.1. The predicted octanol–water partition coefficient (Wildman–Crippen LogP) is 9.27. The van der Waals surface area contributed by atoms with Crippen molar-refractivity contribution in [1.82, 2.24) is 0 Å². The van der Waals surface area contributed by atoms with Crippen LogP contribution in [0.1, 0.15) is 174 Å². The van der Waals surface area contributed by atoms with Crippen molar-refractivity contribution >= 4 is 11.9 Å². The van der Waals surface area contributed by atoms with Crippen molar-refractivity contribution < 1.29 is 49.0 Å². The van der Waals surface area contributed by atoms with Gasteiger partial charge in [-0.25, -0.2) is 0 Å². The van der Waals surface area contributed by atoms with Crippen LogP contribution in [0.25, 0.3) is 0 Å². The molecule has 4 N–H and O–H groups in total. The summed E-state index contributed by atoms with van der Waals surface area (Å²) in [7, 11) is 0. The third kappa shape index (κ3) is 28.1. The van der Waals surface area contributed by atoms with E-state index < -0.39 is 55.4 Å². The summed E-state index contributed by atoms with van der Waals surface area (Å²) in [5, 5.41) is 40.0. The van der Waals surface area contributed by atoms with Gasteiger partial charge >= 0.3 is 11.9 Å². The van der Waals surface area contributed by atoms with Gasteiger partial charge in [0.25, 0.3) is 0 Å². The maximum atomic E-state index is 12.8. The number of aliphatic hydroxyl groups is 4. The molecule has 0 bridgehead atoms. The van der Waals surface area contributed by atoms with E-state index in [0.717, 1.165) is 83.5 Å². The summed E-state index contributed by atoms with van der Waals surface area (Å²) in [5.41, 5.74) is 0. The molecule has 1 aliphatic rings. The SMILES string of the molecule is CC/C=C\C/C=C\C/C=C\CCCCCCCC(=O)OC(COC(=O)CCCCCCC/C=C\CCCCCCCCC)COC1OC(CO)C(O)C(O)C1O. The first-order valence-electron chi connectivity index (χ1n) is 22.2. The molecular formula is C46H80O10. The maximum absolute atomic E-state index is 12.8. The minimum Gasteiger partial charge on any atom is -0.462 e. The number of allylic oxidation sites excluding steroid dienone is 8. The Morgan fingerprint density at radius 3 is 1.61 bits per heavy atom. The van der Waals surface area contributed by atoms with Gasteiger partial charge in [0.1, 0.15) is 31.0 Å². The Hall–Kier alpha value is -2.34. The third-order valence-electron chi connectivity index (χ3n) is 9.95. The van der Waals surface area contributed by atoms with Crippen LogP contribution < -0.4 is 0 Å². The van der Waals surface area contributed by atoms with E-state index in [1.165, 1.54) is 51.4 Å². The van der Waals surface area contributed by atoms with E-state index in [2.05, 4.69) is 62.5 Å². The van der Waals surface area contributed by atoms with E-state index in [1.807, 2.05) is 0 Å². The van der Waals surface area contributed by atoms with E-state index in [0.29, 0.717) is 12.8 Å². The molecule has 0 radical (unpaired) electrons. The van der Waals surface area contributed by atoms with Gasteiger partial charge in [-0.15, -0.1) is 0 Å². The molecule has 0 saturated carbocycles. The highest BCUT2D eigenvalue weighted by Gasteiger charge is 2.44. The maximum Gasteiger partial charge on any atom is 0.306 e. The lowest BCUT2D eigenvalue weighted by atomic mass is 9.99. The first kappa shape index (κ1) is 51.7. The molecule has 0 amide bonds. The van der Waals surface area contributed by atoms with Crippen molar-refractivity contribution in [1.29, 1.82) is 0 Å². The third-order valence-corrected chi connectivity index (χ3v) is 9.95. The molecule has 0 aliphatic carbocycles. The standard InChI is InChI=1S/C46H80O10/c1-3-5-7-9-11-13-15-17-19-21-22-24-26-28-30-32-34-41(48)53-37-39(38-54-46-45(52)44(51)43(50)40(36-47)56-46)55-42(49)35-33-31-29-27-25-23-20-18-16-14-12-10-8-6-4-2/h6,8,12,14,18-21,39-40,43-47,50-52H,3-5,7,9-11,13,15-17,22-38H2,1-2H3/b8-6-,14-12-,20-18-,21-19-. The van der Waals surface area contributed by atoms with Crippen LogP contribution in [0.2, 0.25) is 0 Å². The van der Waals surface area contributed by atoms with E-state index in [9.17, 15) is 30.0 Å². The Morgan fingerprint density at radius 2 is 1.05 bits per heavy atom. The second kappa shape index (κ2) is 37.0. The molecule has 1 aliphatic heterocycles. The second-order valence-electron chi connectivity index (χ2n) is 15.1. The average Bonchev–Trinajstić information content (AvgIpc) is 3.19. The largest absolute Gasteiger partial charge is 0.462 e.